The summed E-state index contributed by atoms with van der Waals surface area (Å²) in [5, 5.41) is 6.39. The van der Waals surface area contributed by atoms with Gasteiger partial charge in [0.05, 0.1) is 11.2 Å². The lowest BCUT2D eigenvalue weighted by molar-refractivity contribution is 0.976. The fraction of sp³-hybridized carbons (Fsp3) is 0.0588. The van der Waals surface area contributed by atoms with E-state index in [0.29, 0.717) is 11.8 Å². The van der Waals surface area contributed by atoms with Crippen LogP contribution in [0.4, 0.5) is 17.1 Å². The van der Waals surface area contributed by atoms with Crippen molar-refractivity contribution >= 4 is 55.6 Å². The van der Waals surface area contributed by atoms with E-state index in [1.54, 1.807) is 0 Å². The van der Waals surface area contributed by atoms with Gasteiger partial charge in [-0.2, -0.15) is 0 Å². The number of benzene rings is 8. The molecule has 0 N–H and O–H groups in total. The summed E-state index contributed by atoms with van der Waals surface area (Å²) in [5.41, 5.74) is 13.7. The zero-order valence-corrected chi connectivity index (χ0v) is 29.2. The van der Waals surface area contributed by atoms with Gasteiger partial charge in [-0.25, -0.2) is 0 Å². The number of anilines is 3. The van der Waals surface area contributed by atoms with Crippen LogP contribution in [-0.2, 0) is 0 Å². The van der Waals surface area contributed by atoms with E-state index in [9.17, 15) is 0 Å². The van der Waals surface area contributed by atoms with Crippen LogP contribution in [0, 0.1) is 5.92 Å². The molecule has 0 spiro atoms. The smallest absolute Gasteiger partial charge is 0.0537 e. The Labute approximate surface area is 309 Å². The van der Waals surface area contributed by atoms with E-state index in [0.717, 1.165) is 17.1 Å². The standard InChI is InChI=1S/C51H36N2/c1-4-14-34(15-5-1)49-41-20-10-11-21-42(41)50(35-16-6-2-7-17-35)46-33-40(29-30-43(46)49)52(37-18-8-3-9-19-37)38-25-27-39(28-26-38)53-47-23-13-12-22-44(47)51-45-32-36(45)24-31-48(51)53/h1-31,33,36,45H,32H2. The highest BCUT2D eigenvalue weighted by atomic mass is 15.1. The van der Waals surface area contributed by atoms with Crippen molar-refractivity contribution in [1.82, 2.24) is 4.57 Å². The average Bonchev–Trinajstić information content (AvgIpc) is 3.95. The van der Waals surface area contributed by atoms with Crippen LogP contribution in [0.25, 0.3) is 66.5 Å². The van der Waals surface area contributed by atoms with Crippen LogP contribution in [0.2, 0.25) is 0 Å². The number of aromatic nitrogens is 1. The van der Waals surface area contributed by atoms with Crippen LogP contribution >= 0.6 is 0 Å². The molecule has 0 saturated heterocycles. The van der Waals surface area contributed by atoms with Crippen LogP contribution in [-0.4, -0.2) is 4.57 Å². The molecule has 1 fully saturated rings. The van der Waals surface area contributed by atoms with Crippen LogP contribution < -0.4 is 4.90 Å². The maximum absolute atomic E-state index is 2.46. The van der Waals surface area contributed by atoms with Crippen molar-refractivity contribution in [3.63, 3.8) is 0 Å². The van der Waals surface area contributed by atoms with Gasteiger partial charge in [-0.15, -0.1) is 0 Å². The predicted octanol–water partition coefficient (Wildman–Crippen LogP) is 13.9. The molecule has 11 rings (SSSR count). The normalized spacial score (nSPS) is 15.8. The van der Waals surface area contributed by atoms with Gasteiger partial charge in [0.2, 0.25) is 0 Å². The van der Waals surface area contributed by atoms with Gasteiger partial charge in [-0.05, 0) is 128 Å². The molecule has 9 aromatic rings. The Kier molecular flexibility index (Phi) is 6.78. The molecule has 250 valence electrons. The number of rotatable bonds is 6. The first-order valence-corrected chi connectivity index (χ1v) is 18.7. The summed E-state index contributed by atoms with van der Waals surface area (Å²) in [6, 6.07) is 66.5. The monoisotopic (exact) mass is 676 g/mol. The number of para-hydroxylation sites is 2. The third-order valence-corrected chi connectivity index (χ3v) is 11.4. The molecule has 8 aromatic carbocycles. The van der Waals surface area contributed by atoms with E-state index in [4.69, 9.17) is 0 Å². The van der Waals surface area contributed by atoms with Gasteiger partial charge in [0.15, 0.2) is 0 Å². The second-order valence-electron chi connectivity index (χ2n) is 14.5. The van der Waals surface area contributed by atoms with Crippen molar-refractivity contribution in [2.45, 2.75) is 12.3 Å². The summed E-state index contributed by atoms with van der Waals surface area (Å²) in [6.07, 6.45) is 6.05. The minimum Gasteiger partial charge on any atom is -0.310 e. The Balaban J connectivity index is 1.12. The van der Waals surface area contributed by atoms with Crippen molar-refractivity contribution in [3.8, 4) is 27.9 Å². The van der Waals surface area contributed by atoms with Crippen molar-refractivity contribution in [3.05, 3.63) is 199 Å². The molecule has 1 saturated carbocycles. The molecule has 53 heavy (non-hydrogen) atoms. The van der Waals surface area contributed by atoms with Gasteiger partial charge in [-0.1, -0.05) is 133 Å². The molecule has 2 aliphatic carbocycles. The van der Waals surface area contributed by atoms with Gasteiger partial charge in [-0.3, -0.25) is 0 Å². The predicted molar refractivity (Wildman–Crippen MR) is 224 cm³/mol. The molecule has 2 heteroatoms. The summed E-state index contributed by atoms with van der Waals surface area (Å²) in [4.78, 5) is 2.40. The molecule has 0 amide bonds. The van der Waals surface area contributed by atoms with Gasteiger partial charge < -0.3 is 9.47 Å². The molecule has 0 bridgehead atoms. The van der Waals surface area contributed by atoms with E-state index >= 15 is 0 Å². The molecule has 2 aliphatic rings. The molecule has 2 unspecified atom stereocenters. The molecule has 0 aliphatic heterocycles. The third kappa shape index (κ3) is 4.80. The minimum atomic E-state index is 0.655. The maximum atomic E-state index is 2.46. The minimum absolute atomic E-state index is 0.655. The molecule has 1 aromatic heterocycles. The maximum Gasteiger partial charge on any atom is 0.0537 e. The van der Waals surface area contributed by atoms with E-state index in [1.807, 2.05) is 0 Å². The average molecular weight is 677 g/mol. The van der Waals surface area contributed by atoms with E-state index in [2.05, 4.69) is 204 Å². The van der Waals surface area contributed by atoms with E-state index in [1.165, 1.54) is 78.1 Å². The summed E-state index contributed by atoms with van der Waals surface area (Å²) in [7, 11) is 0. The SMILES string of the molecule is C1=CC2CC2c2c1n(-c1ccc(N(c3ccccc3)c3ccc4c(-c5ccccc5)c5ccccc5c(-c5ccccc5)c4c3)cc1)c1ccccc21. The van der Waals surface area contributed by atoms with Gasteiger partial charge >= 0.3 is 0 Å². The van der Waals surface area contributed by atoms with Crippen molar-refractivity contribution < 1.29 is 0 Å². The van der Waals surface area contributed by atoms with Crippen LogP contribution in [0.5, 0.6) is 0 Å². The number of hydrogen-bond donors (Lipinski definition) is 0. The Morgan fingerprint density at radius 1 is 0.453 bits per heavy atom. The third-order valence-electron chi connectivity index (χ3n) is 11.4. The Hall–Kier alpha value is -6.64. The van der Waals surface area contributed by atoms with Gasteiger partial charge in [0, 0.05) is 28.1 Å². The largest absolute Gasteiger partial charge is 0.310 e. The summed E-state index contributed by atoms with van der Waals surface area (Å²) < 4.78 is 2.46. The van der Waals surface area contributed by atoms with Crippen LogP contribution in [0.3, 0.4) is 0 Å². The van der Waals surface area contributed by atoms with Crippen molar-refractivity contribution in [2.24, 2.45) is 5.92 Å². The number of allylic oxidation sites excluding steroid dienone is 1. The van der Waals surface area contributed by atoms with E-state index in [-0.39, 0.29) is 0 Å². The highest BCUT2D eigenvalue weighted by Crippen LogP contribution is 2.56. The molecule has 0 radical (unpaired) electrons. The Morgan fingerprint density at radius 3 is 1.66 bits per heavy atom. The second-order valence-corrected chi connectivity index (χ2v) is 14.5. The molecular formula is C51H36N2. The first kappa shape index (κ1) is 30.0. The van der Waals surface area contributed by atoms with Crippen LogP contribution in [0.1, 0.15) is 23.6 Å². The second kappa shape index (κ2) is 12.0. The fourth-order valence-electron chi connectivity index (χ4n) is 9.00. The molecule has 2 nitrogen and oxygen atoms in total. The highest BCUT2D eigenvalue weighted by molar-refractivity contribution is 6.22. The highest BCUT2D eigenvalue weighted by Gasteiger charge is 2.42. The summed E-state index contributed by atoms with van der Waals surface area (Å²) in [6.45, 7) is 0. The lowest BCUT2D eigenvalue weighted by Crippen LogP contribution is -2.10. The van der Waals surface area contributed by atoms with Gasteiger partial charge in [0.25, 0.3) is 0 Å². The number of hydrogen-bond acceptors (Lipinski definition) is 1. The fourth-order valence-corrected chi connectivity index (χ4v) is 9.00. The number of nitrogens with zero attached hydrogens (tertiary/aromatic N) is 2. The molecular weight excluding hydrogens is 641 g/mol. The first-order chi connectivity index (χ1) is 26.3. The van der Waals surface area contributed by atoms with Gasteiger partial charge in [0.1, 0.15) is 0 Å². The van der Waals surface area contributed by atoms with Crippen molar-refractivity contribution in [1.29, 1.82) is 0 Å². The molecule has 2 atom stereocenters. The van der Waals surface area contributed by atoms with Crippen molar-refractivity contribution in [2.75, 3.05) is 4.90 Å². The first-order valence-electron chi connectivity index (χ1n) is 18.7. The zero-order valence-electron chi connectivity index (χ0n) is 29.2. The topological polar surface area (TPSA) is 8.17 Å². The van der Waals surface area contributed by atoms with E-state index < -0.39 is 0 Å². The lowest BCUT2D eigenvalue weighted by atomic mass is 9.85. The van der Waals surface area contributed by atoms with Crippen LogP contribution in [0.15, 0.2) is 188 Å². The zero-order chi connectivity index (χ0) is 34.9. The summed E-state index contributed by atoms with van der Waals surface area (Å²) in [5.74, 6) is 1.36. The Bertz CT molecular complexity index is 2850. The summed E-state index contributed by atoms with van der Waals surface area (Å²) >= 11 is 0. The molecule has 1 heterocycles. The Morgan fingerprint density at radius 2 is 0.981 bits per heavy atom. The quantitative estimate of drug-likeness (QED) is 0.159. The number of fused-ring (bicyclic) bond motifs is 7. The lowest BCUT2D eigenvalue weighted by Gasteiger charge is -2.27.